The zero-order valence-electron chi connectivity index (χ0n) is 13.8. The largest absolute Gasteiger partial charge is 0.503 e. The molecule has 0 amide bonds. The van der Waals surface area contributed by atoms with Crippen LogP contribution < -0.4 is 5.43 Å². The second kappa shape index (κ2) is 7.76. The first-order chi connectivity index (χ1) is 10.6. The lowest BCUT2D eigenvalue weighted by atomic mass is 10.2. The number of aromatic nitrogens is 1. The average Bonchev–Trinajstić information content (AvgIpc) is 2.52. The van der Waals surface area contributed by atoms with E-state index in [2.05, 4.69) is 16.7 Å². The highest BCUT2D eigenvalue weighted by molar-refractivity contribution is 5.29. The average molecular weight is 309 g/mol. The Bertz CT molecular complexity index is 548. The number of rotatable bonds is 6. The number of aromatic hydroxyl groups is 1. The normalized spacial score (nSPS) is 17.0. The van der Waals surface area contributed by atoms with E-state index in [0.717, 1.165) is 38.4 Å². The van der Waals surface area contributed by atoms with Gasteiger partial charge in [0.15, 0.2) is 5.75 Å². The molecule has 0 aliphatic carbocycles. The van der Waals surface area contributed by atoms with Gasteiger partial charge in [-0.3, -0.25) is 9.69 Å². The van der Waals surface area contributed by atoms with Gasteiger partial charge in [-0.25, -0.2) is 0 Å². The Balaban J connectivity index is 2.19. The van der Waals surface area contributed by atoms with E-state index in [1.54, 1.807) is 7.11 Å². The number of hydrogen-bond donors (Lipinski definition) is 1. The predicted molar refractivity (Wildman–Crippen MR) is 86.4 cm³/mol. The van der Waals surface area contributed by atoms with Gasteiger partial charge in [0.25, 0.3) is 0 Å². The van der Waals surface area contributed by atoms with Crippen molar-refractivity contribution in [1.29, 1.82) is 0 Å². The Morgan fingerprint density at radius 1 is 1.23 bits per heavy atom. The molecule has 0 radical (unpaired) electrons. The molecule has 2 heterocycles. The van der Waals surface area contributed by atoms with E-state index in [1.165, 1.54) is 6.07 Å². The van der Waals surface area contributed by atoms with Crippen molar-refractivity contribution in [2.45, 2.75) is 26.9 Å². The summed E-state index contributed by atoms with van der Waals surface area (Å²) in [5.74, 6) is -0.125. The highest BCUT2D eigenvalue weighted by Gasteiger charge is 2.20. The third kappa shape index (κ3) is 3.88. The summed E-state index contributed by atoms with van der Waals surface area (Å²) in [6.07, 6.45) is 0. The molecule has 0 spiro atoms. The van der Waals surface area contributed by atoms with Gasteiger partial charge in [-0.05, 0) is 13.5 Å². The molecule has 1 aromatic rings. The lowest BCUT2D eigenvalue weighted by Crippen LogP contribution is -2.46. The molecule has 1 aliphatic rings. The minimum absolute atomic E-state index is 0.125. The number of aryl methyl sites for hydroxylation is 1. The van der Waals surface area contributed by atoms with Crippen molar-refractivity contribution in [3.63, 3.8) is 0 Å². The molecule has 0 bridgehead atoms. The first kappa shape index (κ1) is 17.0. The fourth-order valence-corrected chi connectivity index (χ4v) is 2.95. The van der Waals surface area contributed by atoms with Gasteiger partial charge in [0.2, 0.25) is 5.43 Å². The molecule has 1 aromatic heterocycles. The molecule has 1 saturated heterocycles. The predicted octanol–water partition coefficient (Wildman–Crippen LogP) is 0.646. The van der Waals surface area contributed by atoms with Gasteiger partial charge in [-0.2, -0.15) is 0 Å². The maximum Gasteiger partial charge on any atom is 0.223 e. The van der Waals surface area contributed by atoms with Crippen LogP contribution in [-0.4, -0.2) is 65.9 Å². The number of pyridine rings is 1. The molecule has 0 unspecified atom stereocenters. The number of methoxy groups -OCH3 is 1. The van der Waals surface area contributed by atoms with Gasteiger partial charge >= 0.3 is 0 Å². The number of nitrogens with zero attached hydrogens (tertiary/aromatic N) is 3. The van der Waals surface area contributed by atoms with Crippen LogP contribution in [0.4, 0.5) is 0 Å². The lowest BCUT2D eigenvalue weighted by molar-refractivity contribution is 0.127. The molecular formula is C16H27N3O3. The third-order valence-electron chi connectivity index (χ3n) is 4.40. The summed E-state index contributed by atoms with van der Waals surface area (Å²) in [5.41, 5.74) is 1.27. The minimum Gasteiger partial charge on any atom is -0.503 e. The fourth-order valence-electron chi connectivity index (χ4n) is 2.95. The van der Waals surface area contributed by atoms with Crippen molar-refractivity contribution >= 4 is 0 Å². The van der Waals surface area contributed by atoms with Gasteiger partial charge in [0.1, 0.15) is 0 Å². The molecule has 0 aromatic carbocycles. The smallest absolute Gasteiger partial charge is 0.223 e. The van der Waals surface area contributed by atoms with Crippen LogP contribution in [0, 0.1) is 6.92 Å². The van der Waals surface area contributed by atoms with E-state index in [4.69, 9.17) is 4.74 Å². The molecule has 0 atom stereocenters. The second-order valence-corrected chi connectivity index (χ2v) is 5.80. The maximum atomic E-state index is 11.9. The highest BCUT2D eigenvalue weighted by Crippen LogP contribution is 2.18. The molecule has 1 fully saturated rings. The van der Waals surface area contributed by atoms with Crippen molar-refractivity contribution < 1.29 is 9.84 Å². The van der Waals surface area contributed by atoms with Gasteiger partial charge in [-0.1, -0.05) is 6.92 Å². The summed E-state index contributed by atoms with van der Waals surface area (Å²) in [6, 6.07) is 1.49. The molecule has 0 saturated carbocycles. The van der Waals surface area contributed by atoms with Crippen LogP contribution in [-0.2, 0) is 17.8 Å². The molecular weight excluding hydrogens is 282 g/mol. The van der Waals surface area contributed by atoms with Crippen molar-refractivity contribution in [3.8, 4) is 5.75 Å². The van der Waals surface area contributed by atoms with Crippen LogP contribution in [0.2, 0.25) is 0 Å². The monoisotopic (exact) mass is 309 g/mol. The van der Waals surface area contributed by atoms with Gasteiger partial charge in [0, 0.05) is 58.1 Å². The van der Waals surface area contributed by atoms with Gasteiger partial charge < -0.3 is 19.3 Å². The van der Waals surface area contributed by atoms with Crippen LogP contribution in [0.25, 0.3) is 0 Å². The van der Waals surface area contributed by atoms with Crippen LogP contribution in [0.1, 0.15) is 18.3 Å². The molecule has 6 nitrogen and oxygen atoms in total. The minimum atomic E-state index is -0.298. The van der Waals surface area contributed by atoms with Crippen LogP contribution >= 0.6 is 0 Å². The first-order valence-electron chi connectivity index (χ1n) is 7.92. The van der Waals surface area contributed by atoms with Gasteiger partial charge in [-0.15, -0.1) is 0 Å². The highest BCUT2D eigenvalue weighted by atomic mass is 16.5. The molecule has 1 N–H and O–H groups in total. The number of hydrogen-bond acceptors (Lipinski definition) is 5. The Labute approximate surface area is 131 Å². The molecule has 2 rings (SSSR count). The van der Waals surface area contributed by atoms with Crippen LogP contribution in [0.15, 0.2) is 10.9 Å². The van der Waals surface area contributed by atoms with E-state index in [9.17, 15) is 9.90 Å². The topological polar surface area (TPSA) is 57.9 Å². The van der Waals surface area contributed by atoms with E-state index >= 15 is 0 Å². The summed E-state index contributed by atoms with van der Waals surface area (Å²) in [5, 5.41) is 10.2. The Hall–Kier alpha value is -1.37. The summed E-state index contributed by atoms with van der Waals surface area (Å²) in [4.78, 5) is 16.6. The number of likely N-dealkylation sites (N-methyl/N-ethyl adjacent to an activating group) is 1. The second-order valence-electron chi connectivity index (χ2n) is 5.80. The summed E-state index contributed by atoms with van der Waals surface area (Å²) < 4.78 is 7.14. The SMILES string of the molecule is CCN1CCN(Cc2c(O)c(=O)cc(C)n2CCOC)CC1. The lowest BCUT2D eigenvalue weighted by Gasteiger charge is -2.34. The number of piperazine rings is 1. The molecule has 22 heavy (non-hydrogen) atoms. The molecule has 6 heteroatoms. The quantitative estimate of drug-likeness (QED) is 0.836. The van der Waals surface area contributed by atoms with Crippen molar-refractivity contribution in [3.05, 3.63) is 27.7 Å². The zero-order chi connectivity index (χ0) is 16.1. The van der Waals surface area contributed by atoms with E-state index in [0.29, 0.717) is 25.4 Å². The Kier molecular flexibility index (Phi) is 5.99. The summed E-state index contributed by atoms with van der Waals surface area (Å²) in [6.45, 7) is 10.9. The van der Waals surface area contributed by atoms with Gasteiger partial charge in [0.05, 0.1) is 12.3 Å². The Morgan fingerprint density at radius 2 is 1.86 bits per heavy atom. The fraction of sp³-hybridized carbons (Fsp3) is 0.688. The maximum absolute atomic E-state index is 11.9. The van der Waals surface area contributed by atoms with Crippen molar-refractivity contribution in [2.24, 2.45) is 0 Å². The molecule has 124 valence electrons. The van der Waals surface area contributed by atoms with Crippen molar-refractivity contribution in [2.75, 3.05) is 46.4 Å². The van der Waals surface area contributed by atoms with E-state index < -0.39 is 0 Å². The number of ether oxygens (including phenoxy) is 1. The van der Waals surface area contributed by atoms with E-state index in [-0.39, 0.29) is 11.2 Å². The summed E-state index contributed by atoms with van der Waals surface area (Å²) in [7, 11) is 1.65. The summed E-state index contributed by atoms with van der Waals surface area (Å²) >= 11 is 0. The van der Waals surface area contributed by atoms with Crippen LogP contribution in [0.5, 0.6) is 5.75 Å². The standard InChI is InChI=1S/C16H27N3O3/c1-4-17-5-7-18(8-6-17)12-14-16(21)15(20)11-13(2)19(14)9-10-22-3/h11,21H,4-10,12H2,1-3H3. The first-order valence-corrected chi connectivity index (χ1v) is 7.92. The zero-order valence-corrected chi connectivity index (χ0v) is 13.8. The third-order valence-corrected chi connectivity index (χ3v) is 4.40. The van der Waals surface area contributed by atoms with Crippen LogP contribution in [0.3, 0.4) is 0 Å². The molecule has 1 aliphatic heterocycles. The Morgan fingerprint density at radius 3 is 2.45 bits per heavy atom. The van der Waals surface area contributed by atoms with E-state index in [1.807, 2.05) is 11.5 Å². The van der Waals surface area contributed by atoms with Crippen molar-refractivity contribution in [1.82, 2.24) is 14.4 Å².